The number of benzene rings is 1. The van der Waals surface area contributed by atoms with E-state index in [-0.39, 0.29) is 24.6 Å². The van der Waals surface area contributed by atoms with Gasteiger partial charge in [0.25, 0.3) is 5.91 Å². The fraction of sp³-hybridized carbons (Fsp3) is 0.333. The molecule has 0 bridgehead atoms. The van der Waals surface area contributed by atoms with Gasteiger partial charge in [0.1, 0.15) is 5.82 Å². The van der Waals surface area contributed by atoms with E-state index in [0.29, 0.717) is 12.1 Å². The van der Waals surface area contributed by atoms with Crippen LogP contribution in [0.1, 0.15) is 23.7 Å². The minimum Gasteiger partial charge on any atom is -0.396 e. The number of carbonyl (C=O) groups is 2. The Morgan fingerprint density at radius 2 is 2.11 bits per heavy atom. The molecule has 3 N–H and O–H groups in total. The third-order valence-electron chi connectivity index (χ3n) is 2.15. The summed E-state index contributed by atoms with van der Waals surface area (Å²) >= 11 is 0. The molecular formula is C12H15FN2O3. The van der Waals surface area contributed by atoms with Gasteiger partial charge >= 0.3 is 0 Å². The second kappa shape index (κ2) is 6.70. The molecule has 0 radical (unpaired) electrons. The van der Waals surface area contributed by atoms with Crippen LogP contribution in [0, 0.1) is 5.82 Å². The monoisotopic (exact) mass is 254 g/mol. The molecule has 18 heavy (non-hydrogen) atoms. The lowest BCUT2D eigenvalue weighted by atomic mass is 10.1. The predicted octanol–water partition coefficient (Wildman–Crippen LogP) is 0.896. The first-order chi connectivity index (χ1) is 8.54. The molecule has 98 valence electrons. The first kappa shape index (κ1) is 14.1. The lowest BCUT2D eigenvalue weighted by Crippen LogP contribution is -2.26. The first-order valence-electron chi connectivity index (χ1n) is 5.51. The molecule has 5 nitrogen and oxygen atoms in total. The van der Waals surface area contributed by atoms with Crippen molar-refractivity contribution in [2.45, 2.75) is 13.3 Å². The molecule has 0 aromatic heterocycles. The van der Waals surface area contributed by atoms with Crippen LogP contribution in [0.15, 0.2) is 18.2 Å². The molecule has 0 spiro atoms. The van der Waals surface area contributed by atoms with E-state index in [1.807, 2.05) is 0 Å². The van der Waals surface area contributed by atoms with E-state index in [1.165, 1.54) is 19.1 Å². The van der Waals surface area contributed by atoms with Crippen molar-refractivity contribution in [3.63, 3.8) is 0 Å². The average Bonchev–Trinajstić information content (AvgIpc) is 2.31. The summed E-state index contributed by atoms with van der Waals surface area (Å²) in [6.45, 7) is 1.54. The summed E-state index contributed by atoms with van der Waals surface area (Å²) in [5.41, 5.74) is 0.218. The van der Waals surface area contributed by atoms with E-state index >= 15 is 0 Å². The van der Waals surface area contributed by atoms with E-state index in [4.69, 9.17) is 5.11 Å². The number of amides is 2. The van der Waals surface area contributed by atoms with Crippen LogP contribution in [-0.4, -0.2) is 30.1 Å². The highest BCUT2D eigenvalue weighted by Crippen LogP contribution is 2.14. The number of aliphatic hydroxyl groups excluding tert-OH is 1. The van der Waals surface area contributed by atoms with Crippen molar-refractivity contribution in [1.82, 2.24) is 5.32 Å². The van der Waals surface area contributed by atoms with Gasteiger partial charge in [-0.3, -0.25) is 9.59 Å². The number of carbonyl (C=O) groups excluding carboxylic acids is 2. The SMILES string of the molecule is CC(=O)Nc1ccc(F)c(C(=O)NCCCO)c1. The van der Waals surface area contributed by atoms with E-state index in [0.717, 1.165) is 6.07 Å². The van der Waals surface area contributed by atoms with Crippen LogP contribution < -0.4 is 10.6 Å². The van der Waals surface area contributed by atoms with Crippen molar-refractivity contribution in [3.8, 4) is 0 Å². The van der Waals surface area contributed by atoms with Gasteiger partial charge in [0, 0.05) is 25.8 Å². The third-order valence-corrected chi connectivity index (χ3v) is 2.15. The normalized spacial score (nSPS) is 9.94. The van der Waals surface area contributed by atoms with Crippen LogP contribution in [0.3, 0.4) is 0 Å². The van der Waals surface area contributed by atoms with Crippen molar-refractivity contribution in [1.29, 1.82) is 0 Å². The van der Waals surface area contributed by atoms with Crippen molar-refractivity contribution in [3.05, 3.63) is 29.6 Å². The topological polar surface area (TPSA) is 78.4 Å². The summed E-state index contributed by atoms with van der Waals surface area (Å²) < 4.78 is 13.4. The molecular weight excluding hydrogens is 239 g/mol. The Morgan fingerprint density at radius 3 is 2.72 bits per heavy atom. The molecule has 1 aromatic rings. The van der Waals surface area contributed by atoms with Gasteiger partial charge in [0.05, 0.1) is 5.56 Å². The van der Waals surface area contributed by atoms with E-state index < -0.39 is 11.7 Å². The van der Waals surface area contributed by atoms with E-state index in [2.05, 4.69) is 10.6 Å². The van der Waals surface area contributed by atoms with Crippen LogP contribution in [0.5, 0.6) is 0 Å². The van der Waals surface area contributed by atoms with Crippen LogP contribution in [0.2, 0.25) is 0 Å². The zero-order chi connectivity index (χ0) is 13.5. The van der Waals surface area contributed by atoms with Crippen molar-refractivity contribution >= 4 is 17.5 Å². The molecule has 0 saturated carbocycles. The van der Waals surface area contributed by atoms with Crippen molar-refractivity contribution in [2.75, 3.05) is 18.5 Å². The number of hydrogen-bond donors (Lipinski definition) is 3. The summed E-state index contributed by atoms with van der Waals surface area (Å²) in [5, 5.41) is 13.5. The van der Waals surface area contributed by atoms with Crippen LogP contribution in [0.4, 0.5) is 10.1 Å². The molecule has 0 atom stereocenters. The summed E-state index contributed by atoms with van der Waals surface area (Å²) in [4.78, 5) is 22.5. The van der Waals surface area contributed by atoms with Crippen molar-refractivity contribution < 1.29 is 19.1 Å². The Bertz CT molecular complexity index is 449. The zero-order valence-corrected chi connectivity index (χ0v) is 10.00. The Hall–Kier alpha value is -1.95. The Balaban J connectivity index is 2.79. The molecule has 0 fully saturated rings. The molecule has 2 amide bonds. The molecule has 1 rings (SSSR count). The molecule has 0 aliphatic rings. The van der Waals surface area contributed by atoms with Crippen LogP contribution in [-0.2, 0) is 4.79 Å². The van der Waals surface area contributed by atoms with Gasteiger partial charge in [-0.05, 0) is 24.6 Å². The van der Waals surface area contributed by atoms with E-state index in [1.54, 1.807) is 0 Å². The highest BCUT2D eigenvalue weighted by molar-refractivity contribution is 5.97. The number of nitrogens with one attached hydrogen (secondary N) is 2. The van der Waals surface area contributed by atoms with Gasteiger partial charge in [-0.2, -0.15) is 0 Å². The van der Waals surface area contributed by atoms with Gasteiger partial charge < -0.3 is 15.7 Å². The summed E-state index contributed by atoms with van der Waals surface area (Å²) in [6, 6.07) is 3.76. The second-order valence-corrected chi connectivity index (χ2v) is 3.71. The Labute approximate surface area is 104 Å². The fourth-order valence-corrected chi connectivity index (χ4v) is 1.36. The fourth-order valence-electron chi connectivity index (χ4n) is 1.36. The molecule has 1 aromatic carbocycles. The first-order valence-corrected chi connectivity index (χ1v) is 5.51. The lowest BCUT2D eigenvalue weighted by Gasteiger charge is -2.08. The number of aliphatic hydroxyl groups is 1. The predicted molar refractivity (Wildman–Crippen MR) is 64.7 cm³/mol. The highest BCUT2D eigenvalue weighted by atomic mass is 19.1. The minimum atomic E-state index is -0.661. The number of hydrogen-bond acceptors (Lipinski definition) is 3. The van der Waals surface area contributed by atoms with Crippen LogP contribution in [0.25, 0.3) is 0 Å². The second-order valence-electron chi connectivity index (χ2n) is 3.71. The highest BCUT2D eigenvalue weighted by Gasteiger charge is 2.12. The van der Waals surface area contributed by atoms with Gasteiger partial charge in [-0.1, -0.05) is 0 Å². The van der Waals surface area contributed by atoms with Gasteiger partial charge in [-0.15, -0.1) is 0 Å². The van der Waals surface area contributed by atoms with Gasteiger partial charge in [0.2, 0.25) is 5.91 Å². The third kappa shape index (κ3) is 4.14. The maximum atomic E-state index is 13.4. The number of anilines is 1. The standard InChI is InChI=1S/C12H15FN2O3/c1-8(17)15-9-3-4-11(13)10(7-9)12(18)14-5-2-6-16/h3-4,7,16H,2,5-6H2,1H3,(H,14,18)(H,15,17). The molecule has 0 aliphatic carbocycles. The summed E-state index contributed by atoms with van der Waals surface area (Å²) in [5.74, 6) is -1.54. The maximum absolute atomic E-state index is 13.4. The Kier molecular flexibility index (Phi) is 5.26. The average molecular weight is 254 g/mol. The molecule has 6 heteroatoms. The molecule has 0 saturated heterocycles. The molecule has 0 heterocycles. The lowest BCUT2D eigenvalue weighted by molar-refractivity contribution is -0.114. The summed E-state index contributed by atoms with van der Waals surface area (Å²) in [7, 11) is 0. The summed E-state index contributed by atoms with van der Waals surface area (Å²) in [6.07, 6.45) is 0.402. The van der Waals surface area contributed by atoms with Crippen LogP contribution >= 0.6 is 0 Å². The number of rotatable bonds is 5. The van der Waals surface area contributed by atoms with Crippen molar-refractivity contribution in [2.24, 2.45) is 0 Å². The van der Waals surface area contributed by atoms with E-state index in [9.17, 15) is 14.0 Å². The smallest absolute Gasteiger partial charge is 0.254 e. The van der Waals surface area contributed by atoms with Gasteiger partial charge in [-0.25, -0.2) is 4.39 Å². The van der Waals surface area contributed by atoms with Gasteiger partial charge in [0.15, 0.2) is 0 Å². The Morgan fingerprint density at radius 1 is 1.39 bits per heavy atom. The minimum absolute atomic E-state index is 0.0469. The quantitative estimate of drug-likeness (QED) is 0.683. The molecule has 0 aliphatic heterocycles. The number of halogens is 1. The largest absolute Gasteiger partial charge is 0.396 e. The maximum Gasteiger partial charge on any atom is 0.254 e. The zero-order valence-electron chi connectivity index (χ0n) is 10.00. The molecule has 0 unspecified atom stereocenters.